The Hall–Kier alpha value is -2.57. The van der Waals surface area contributed by atoms with Crippen molar-refractivity contribution in [2.75, 3.05) is 0 Å². The minimum absolute atomic E-state index is 0.569. The Bertz CT molecular complexity index is 980. The molecule has 0 atom stereocenters. The summed E-state index contributed by atoms with van der Waals surface area (Å²) < 4.78 is 0. The molecule has 0 radical (unpaired) electrons. The molecule has 0 N–H and O–H groups in total. The molecular weight excluding hydrogens is 466 g/mol. The van der Waals surface area contributed by atoms with Crippen LogP contribution in [0.25, 0.3) is 22.3 Å². The van der Waals surface area contributed by atoms with Gasteiger partial charge in [-0.1, -0.05) is 121 Å². The Morgan fingerprint density at radius 1 is 0.323 bits per heavy atom. The van der Waals surface area contributed by atoms with E-state index in [0.29, 0.717) is 12.7 Å². The van der Waals surface area contributed by atoms with E-state index in [1.54, 1.807) is 0 Å². The van der Waals surface area contributed by atoms with Gasteiger partial charge in [0.15, 0.2) is 0 Å². The van der Waals surface area contributed by atoms with Gasteiger partial charge < -0.3 is 0 Å². The smallest absolute Gasteiger partial charge is 0.00139 e. The fourth-order valence-electron chi connectivity index (χ4n) is 4.01. The Balaban J connectivity index is 0.000000730. The van der Waals surface area contributed by atoms with Gasteiger partial charge in [0.2, 0.25) is 0 Å². The van der Waals surface area contributed by atoms with Crippen LogP contribution in [0.5, 0.6) is 0 Å². The first-order chi connectivity index (χ1) is 15.3. The van der Waals surface area contributed by atoms with Gasteiger partial charge in [-0.15, -0.1) is 0 Å². The first-order valence-electron chi connectivity index (χ1n) is 9.88. The van der Waals surface area contributed by atoms with E-state index in [1.807, 2.05) is 0 Å². The number of hydrogen-bond donors (Lipinski definition) is 0. The van der Waals surface area contributed by atoms with Gasteiger partial charge in [-0.2, -0.15) is 0 Å². The molecule has 156 valence electrons. The maximum absolute atomic E-state index is 4.70. The fourth-order valence-corrected chi connectivity index (χ4v) is 4.01. The number of rotatable bonds is 4. The first kappa shape index (κ1) is 21.7. The van der Waals surface area contributed by atoms with E-state index in [0.717, 1.165) is 0 Å². The van der Waals surface area contributed by atoms with E-state index in [9.17, 15) is 0 Å². The maximum Gasteiger partial charge on any atom is -0.00139 e. The van der Waals surface area contributed by atoms with Crippen molar-refractivity contribution >= 4 is 42.7 Å². The monoisotopic (exact) mass is 484 g/mol. The third kappa shape index (κ3) is 4.70. The van der Waals surface area contributed by atoms with E-state index in [4.69, 9.17) is 20.4 Å². The summed E-state index contributed by atoms with van der Waals surface area (Å²) in [5.74, 6) is 0. The molecule has 4 aromatic carbocycles. The molecule has 5 rings (SSSR count). The summed E-state index contributed by atoms with van der Waals surface area (Å²) in [6, 6.07) is 43.0. The zero-order valence-corrected chi connectivity index (χ0v) is 19.1. The van der Waals surface area contributed by atoms with Gasteiger partial charge in [0.25, 0.3) is 0 Å². The Kier molecular flexibility index (Phi) is 7.44. The van der Waals surface area contributed by atoms with Crippen LogP contribution >= 0.6 is 20.4 Å². The molecule has 0 heterocycles. The summed E-state index contributed by atoms with van der Waals surface area (Å²) in [6.45, 7) is 0. The van der Waals surface area contributed by atoms with Crippen molar-refractivity contribution in [2.45, 2.75) is 0 Å². The molecule has 0 bridgehead atoms. The second-order valence-electron chi connectivity index (χ2n) is 7.01. The maximum atomic E-state index is 4.70. The van der Waals surface area contributed by atoms with Crippen LogP contribution in [-0.4, -0.2) is 0 Å². The number of allylic oxidation sites excluding steroid dienone is 4. The minimum Gasteiger partial charge on any atom is -0.0622 e. The van der Waals surface area contributed by atoms with Crippen molar-refractivity contribution in [3.63, 3.8) is 0 Å². The average Bonchev–Trinajstić information content (AvgIpc) is 2.82. The SMILES string of the molecule is [Cl][Ni][Cl].c1ccc(C2=C(c3ccccc3)C(c3ccccc3)=C2c2ccccc2)cc1. The third-order valence-corrected chi connectivity index (χ3v) is 5.25. The zero-order chi connectivity index (χ0) is 21.5. The molecule has 0 saturated carbocycles. The van der Waals surface area contributed by atoms with Crippen LogP contribution in [0.2, 0.25) is 0 Å². The van der Waals surface area contributed by atoms with Crippen LogP contribution in [-0.2, 0) is 12.7 Å². The summed E-state index contributed by atoms with van der Waals surface area (Å²) >= 11 is 0.569. The van der Waals surface area contributed by atoms with Crippen molar-refractivity contribution in [3.8, 4) is 0 Å². The fraction of sp³-hybridized carbons (Fsp3) is 0. The number of benzene rings is 4. The molecule has 0 nitrogen and oxygen atoms in total. The van der Waals surface area contributed by atoms with Crippen LogP contribution < -0.4 is 0 Å². The predicted molar refractivity (Wildman–Crippen MR) is 131 cm³/mol. The molecule has 0 saturated heterocycles. The average molecular weight is 486 g/mol. The second-order valence-corrected chi connectivity index (χ2v) is 8.64. The van der Waals surface area contributed by atoms with E-state index < -0.39 is 0 Å². The van der Waals surface area contributed by atoms with Crippen molar-refractivity contribution in [2.24, 2.45) is 0 Å². The summed E-state index contributed by atoms with van der Waals surface area (Å²) in [6.07, 6.45) is 0. The topological polar surface area (TPSA) is 0 Å². The van der Waals surface area contributed by atoms with Gasteiger partial charge in [-0.05, 0) is 44.5 Å². The molecule has 1 aliphatic carbocycles. The first-order valence-corrected chi connectivity index (χ1v) is 12.6. The van der Waals surface area contributed by atoms with Crippen LogP contribution in [0.4, 0.5) is 0 Å². The van der Waals surface area contributed by atoms with Crippen molar-refractivity contribution in [1.29, 1.82) is 0 Å². The van der Waals surface area contributed by atoms with Gasteiger partial charge in [0.1, 0.15) is 0 Å². The summed E-state index contributed by atoms with van der Waals surface area (Å²) in [5.41, 5.74) is 10.4. The largest absolute Gasteiger partial charge is 0.0622 e. The second kappa shape index (κ2) is 10.6. The normalized spacial score (nSPS) is 12.8. The third-order valence-electron chi connectivity index (χ3n) is 5.25. The minimum atomic E-state index is 0.569. The summed E-state index contributed by atoms with van der Waals surface area (Å²) in [7, 11) is 9.40. The molecule has 31 heavy (non-hydrogen) atoms. The predicted octanol–water partition coefficient (Wildman–Crippen LogP) is 8.60. The standard InChI is InChI=1S/C28H20.2ClH.Ni/c1-5-13-21(14-6-1)25-26(22-15-7-2-8-16-22)28(24-19-11-4-12-20-24)27(25)23-17-9-3-10-18-23;;;/h1-20H;2*1H;/q;;;+2/p-2. The van der Waals surface area contributed by atoms with E-state index in [2.05, 4.69) is 121 Å². The number of halogens is 2. The molecule has 0 aliphatic heterocycles. The molecule has 0 spiro atoms. The molecule has 4 aromatic rings. The van der Waals surface area contributed by atoms with Crippen molar-refractivity contribution < 1.29 is 12.7 Å². The van der Waals surface area contributed by atoms with Gasteiger partial charge in [-0.25, -0.2) is 0 Å². The Morgan fingerprint density at radius 3 is 0.645 bits per heavy atom. The van der Waals surface area contributed by atoms with E-state index in [-0.39, 0.29) is 0 Å². The summed E-state index contributed by atoms with van der Waals surface area (Å²) in [5, 5.41) is 0. The van der Waals surface area contributed by atoms with Crippen molar-refractivity contribution in [1.82, 2.24) is 0 Å². The zero-order valence-electron chi connectivity index (χ0n) is 16.6. The van der Waals surface area contributed by atoms with Crippen molar-refractivity contribution in [3.05, 3.63) is 144 Å². The molecule has 1 aliphatic rings. The van der Waals surface area contributed by atoms with Crippen LogP contribution in [0, 0.1) is 0 Å². The molecule has 3 heteroatoms. The van der Waals surface area contributed by atoms with Gasteiger partial charge in [0, 0.05) is 0 Å². The van der Waals surface area contributed by atoms with Crippen LogP contribution in [0.1, 0.15) is 22.3 Å². The number of hydrogen-bond acceptors (Lipinski definition) is 0. The Morgan fingerprint density at radius 2 is 0.484 bits per heavy atom. The quantitative estimate of drug-likeness (QED) is 0.254. The Labute approximate surface area is 198 Å². The molecular formula is C28H20Cl2Ni. The van der Waals surface area contributed by atoms with E-state index in [1.165, 1.54) is 44.5 Å². The molecule has 0 aromatic heterocycles. The molecule has 0 fully saturated rings. The van der Waals surface area contributed by atoms with Crippen LogP contribution in [0.15, 0.2) is 121 Å². The van der Waals surface area contributed by atoms with Gasteiger partial charge in [0.05, 0.1) is 0 Å². The van der Waals surface area contributed by atoms with Gasteiger partial charge in [-0.3, -0.25) is 0 Å². The van der Waals surface area contributed by atoms with Crippen LogP contribution in [0.3, 0.4) is 0 Å². The molecule has 0 amide bonds. The van der Waals surface area contributed by atoms with E-state index >= 15 is 0 Å². The van der Waals surface area contributed by atoms with Gasteiger partial charge >= 0.3 is 33.0 Å². The molecule has 0 unspecified atom stereocenters. The summed E-state index contributed by atoms with van der Waals surface area (Å²) in [4.78, 5) is 0.